The lowest BCUT2D eigenvalue weighted by Gasteiger charge is -2.32. The molecule has 0 aliphatic carbocycles. The minimum Gasteiger partial charge on any atom is -0.457 e. The molecule has 3 rings (SSSR count). The number of rotatable bonds is 11. The van der Waals surface area contributed by atoms with Crippen molar-refractivity contribution in [2.45, 2.75) is 12.8 Å². The van der Waals surface area contributed by atoms with E-state index in [1.807, 2.05) is 49.3 Å². The van der Waals surface area contributed by atoms with Crippen LogP contribution in [0.5, 0.6) is 5.75 Å². The number of amides is 1. The molecule has 9 nitrogen and oxygen atoms in total. The Morgan fingerprint density at radius 1 is 1.26 bits per heavy atom. The average Bonchev–Trinajstić information content (AvgIpc) is 2.92. The zero-order chi connectivity index (χ0) is 27.5. The Hall–Kier alpha value is -4.42. The van der Waals surface area contributed by atoms with Crippen molar-refractivity contribution in [3.05, 3.63) is 79.4 Å². The second kappa shape index (κ2) is 13.8. The van der Waals surface area contributed by atoms with Crippen LogP contribution in [0.25, 0.3) is 11.1 Å². The van der Waals surface area contributed by atoms with Gasteiger partial charge < -0.3 is 25.6 Å². The summed E-state index contributed by atoms with van der Waals surface area (Å²) in [4.78, 5) is 25.1. The summed E-state index contributed by atoms with van der Waals surface area (Å²) in [7, 11) is 3.80. The summed E-state index contributed by atoms with van der Waals surface area (Å²) < 4.78 is 5.80. The minimum absolute atomic E-state index is 0.195. The van der Waals surface area contributed by atoms with Gasteiger partial charge in [0.1, 0.15) is 41.1 Å². The Bertz CT molecular complexity index is 1230. The number of nitrogens with one attached hydrogen (secondary N) is 1. The van der Waals surface area contributed by atoms with E-state index in [9.17, 15) is 10.1 Å². The molecule has 2 heterocycles. The number of nitrogens with zero attached hydrogens (tertiary/aromatic N) is 5. The van der Waals surface area contributed by atoms with Crippen LogP contribution in [-0.2, 0) is 4.79 Å². The van der Waals surface area contributed by atoms with E-state index < -0.39 is 0 Å². The van der Waals surface area contributed by atoms with Gasteiger partial charge in [-0.2, -0.15) is 5.26 Å². The van der Waals surface area contributed by atoms with Crippen LogP contribution >= 0.6 is 0 Å². The molecule has 1 aromatic heterocycles. The Balaban J connectivity index is 1.63. The number of ether oxygens (including phenoxy) is 1. The SMILES string of the molecule is C=C/C=C(\C=C)Oc1ccc(-c2c(N)ncnc2NCC2CCN(C(=O)/C(C#N)=C/CN(C)C)CC2)cc1. The lowest BCUT2D eigenvalue weighted by Crippen LogP contribution is -2.40. The maximum atomic E-state index is 12.7. The molecule has 0 radical (unpaired) electrons. The fourth-order valence-corrected chi connectivity index (χ4v) is 4.11. The minimum atomic E-state index is -0.195. The summed E-state index contributed by atoms with van der Waals surface area (Å²) in [5.74, 6) is 2.44. The Labute approximate surface area is 224 Å². The van der Waals surface area contributed by atoms with Gasteiger partial charge in [-0.05, 0) is 68.8 Å². The van der Waals surface area contributed by atoms with Crippen molar-refractivity contribution in [1.82, 2.24) is 19.8 Å². The van der Waals surface area contributed by atoms with Gasteiger partial charge in [0.15, 0.2) is 0 Å². The normalized spacial score (nSPS) is 14.6. The molecular weight excluding hydrogens is 478 g/mol. The lowest BCUT2D eigenvalue weighted by atomic mass is 9.96. The molecule has 198 valence electrons. The fourth-order valence-electron chi connectivity index (χ4n) is 4.11. The summed E-state index contributed by atoms with van der Waals surface area (Å²) in [6.07, 6.45) is 9.78. The Morgan fingerprint density at radius 2 is 1.97 bits per heavy atom. The molecule has 0 unspecified atom stereocenters. The van der Waals surface area contributed by atoms with Gasteiger partial charge in [-0.1, -0.05) is 31.4 Å². The largest absolute Gasteiger partial charge is 0.457 e. The topological polar surface area (TPSA) is 120 Å². The number of aromatic nitrogens is 2. The summed E-state index contributed by atoms with van der Waals surface area (Å²) in [5.41, 5.74) is 8.03. The first-order valence-corrected chi connectivity index (χ1v) is 12.5. The monoisotopic (exact) mass is 513 g/mol. The molecule has 0 bridgehead atoms. The molecule has 1 fully saturated rings. The van der Waals surface area contributed by atoms with E-state index in [1.165, 1.54) is 6.33 Å². The highest BCUT2D eigenvalue weighted by Gasteiger charge is 2.25. The standard InChI is InChI=1S/C29H35N7O2/c1-5-7-24(6-2)38-25-10-8-22(9-11-25)26-27(31)33-20-34-28(26)32-19-21-12-16-36(17-13-21)29(37)23(18-30)14-15-35(3)4/h5-11,14,20-21H,1-2,12-13,15-17,19H2,3-4H3,(H3,31,32,33,34)/b23-14+,24-7+. The maximum Gasteiger partial charge on any atom is 0.264 e. The van der Waals surface area contributed by atoms with Gasteiger partial charge >= 0.3 is 0 Å². The van der Waals surface area contributed by atoms with Crippen LogP contribution in [0.3, 0.4) is 0 Å². The number of nitrogen functional groups attached to an aromatic ring is 1. The molecule has 1 aliphatic heterocycles. The van der Waals surface area contributed by atoms with Crippen molar-refractivity contribution in [3.8, 4) is 22.9 Å². The molecule has 38 heavy (non-hydrogen) atoms. The van der Waals surface area contributed by atoms with Crippen molar-refractivity contribution in [2.75, 3.05) is 51.3 Å². The zero-order valence-corrected chi connectivity index (χ0v) is 22.1. The van der Waals surface area contributed by atoms with Gasteiger partial charge in [0.25, 0.3) is 5.91 Å². The molecule has 3 N–H and O–H groups in total. The highest BCUT2D eigenvalue weighted by molar-refractivity contribution is 5.97. The van der Waals surface area contributed by atoms with Crippen molar-refractivity contribution in [2.24, 2.45) is 5.92 Å². The molecule has 1 amide bonds. The van der Waals surface area contributed by atoms with Gasteiger partial charge in [0, 0.05) is 26.2 Å². The predicted molar refractivity (Wildman–Crippen MR) is 151 cm³/mol. The predicted octanol–water partition coefficient (Wildman–Crippen LogP) is 4.02. The highest BCUT2D eigenvalue weighted by atomic mass is 16.5. The molecule has 9 heteroatoms. The van der Waals surface area contributed by atoms with Gasteiger partial charge in [-0.3, -0.25) is 4.79 Å². The first kappa shape index (κ1) is 28.2. The summed E-state index contributed by atoms with van der Waals surface area (Å²) in [6, 6.07) is 9.56. The zero-order valence-electron chi connectivity index (χ0n) is 22.1. The first-order valence-electron chi connectivity index (χ1n) is 12.5. The van der Waals surface area contributed by atoms with E-state index in [4.69, 9.17) is 10.5 Å². The number of allylic oxidation sites excluding steroid dienone is 3. The van der Waals surface area contributed by atoms with Crippen LogP contribution in [-0.4, -0.2) is 65.9 Å². The number of carbonyl (C=O) groups is 1. The van der Waals surface area contributed by atoms with Crippen LogP contribution in [0.1, 0.15) is 12.8 Å². The molecule has 2 aromatic rings. The van der Waals surface area contributed by atoms with E-state index >= 15 is 0 Å². The van der Waals surface area contributed by atoms with Crippen molar-refractivity contribution in [3.63, 3.8) is 0 Å². The smallest absolute Gasteiger partial charge is 0.264 e. The number of hydrogen-bond donors (Lipinski definition) is 2. The third-order valence-electron chi connectivity index (χ3n) is 6.21. The Morgan fingerprint density at radius 3 is 2.58 bits per heavy atom. The van der Waals surface area contributed by atoms with E-state index in [1.54, 1.807) is 29.2 Å². The van der Waals surface area contributed by atoms with Crippen LogP contribution in [0, 0.1) is 17.2 Å². The molecule has 1 aromatic carbocycles. The van der Waals surface area contributed by atoms with E-state index in [-0.39, 0.29) is 11.5 Å². The van der Waals surface area contributed by atoms with Gasteiger partial charge in [-0.15, -0.1) is 0 Å². The number of likely N-dealkylation sites (N-methyl/N-ethyl adjacent to an activating group) is 1. The number of carbonyl (C=O) groups excluding carboxylic acids is 1. The number of piperidine rings is 1. The van der Waals surface area contributed by atoms with Crippen LogP contribution in [0.4, 0.5) is 11.6 Å². The van der Waals surface area contributed by atoms with Crippen LogP contribution < -0.4 is 15.8 Å². The van der Waals surface area contributed by atoms with E-state index in [0.717, 1.165) is 24.0 Å². The number of nitriles is 1. The summed E-state index contributed by atoms with van der Waals surface area (Å²) >= 11 is 0. The van der Waals surface area contributed by atoms with Crippen LogP contribution in [0.15, 0.2) is 79.4 Å². The number of anilines is 2. The van der Waals surface area contributed by atoms with Gasteiger partial charge in [0.2, 0.25) is 0 Å². The van der Waals surface area contributed by atoms with Crippen LogP contribution in [0.2, 0.25) is 0 Å². The second-order valence-corrected chi connectivity index (χ2v) is 9.23. The Kier molecular flexibility index (Phi) is 10.2. The van der Waals surface area contributed by atoms with Gasteiger partial charge in [-0.25, -0.2) is 9.97 Å². The third kappa shape index (κ3) is 7.54. The number of nitrogens with two attached hydrogens (primary N) is 1. The van der Waals surface area contributed by atoms with Crippen molar-refractivity contribution in [1.29, 1.82) is 5.26 Å². The lowest BCUT2D eigenvalue weighted by molar-refractivity contribution is -0.128. The van der Waals surface area contributed by atoms with E-state index in [2.05, 4.69) is 28.4 Å². The maximum absolute atomic E-state index is 12.7. The van der Waals surface area contributed by atoms with E-state index in [0.29, 0.717) is 55.2 Å². The van der Waals surface area contributed by atoms with Crippen molar-refractivity contribution >= 4 is 17.5 Å². The fraction of sp³-hybridized carbons (Fsp3) is 0.310. The van der Waals surface area contributed by atoms with Gasteiger partial charge in [0.05, 0.1) is 5.56 Å². The summed E-state index contributed by atoms with van der Waals surface area (Å²) in [6.45, 7) is 9.88. The highest BCUT2D eigenvalue weighted by Crippen LogP contribution is 2.32. The van der Waals surface area contributed by atoms with Crippen molar-refractivity contribution < 1.29 is 9.53 Å². The first-order chi connectivity index (χ1) is 18.4. The molecule has 0 spiro atoms. The molecular formula is C29H35N7O2. The third-order valence-corrected chi connectivity index (χ3v) is 6.21. The number of likely N-dealkylation sites (tertiary alicyclic amines) is 1. The average molecular weight is 514 g/mol. The number of benzene rings is 1. The molecule has 0 atom stereocenters. The number of hydrogen-bond acceptors (Lipinski definition) is 8. The molecule has 1 aliphatic rings. The second-order valence-electron chi connectivity index (χ2n) is 9.23. The molecule has 0 saturated carbocycles. The molecule has 1 saturated heterocycles. The quantitative estimate of drug-likeness (QED) is 0.200. The summed E-state index contributed by atoms with van der Waals surface area (Å²) in [5, 5.41) is 12.8.